The van der Waals surface area contributed by atoms with E-state index in [1.807, 2.05) is 26.0 Å². The molecule has 1 unspecified atom stereocenters. The lowest BCUT2D eigenvalue weighted by atomic mass is 10.1. The van der Waals surface area contributed by atoms with Crippen molar-refractivity contribution in [1.29, 1.82) is 0 Å². The average Bonchev–Trinajstić information content (AvgIpc) is 2.91. The summed E-state index contributed by atoms with van der Waals surface area (Å²) in [5, 5.41) is 3.31. The molecule has 0 radical (unpaired) electrons. The summed E-state index contributed by atoms with van der Waals surface area (Å²) in [6.45, 7) is 10.9. The number of aryl methyl sites for hydroxylation is 2. The summed E-state index contributed by atoms with van der Waals surface area (Å²) < 4.78 is 28.0. The van der Waals surface area contributed by atoms with E-state index in [0.717, 1.165) is 36.2 Å². The summed E-state index contributed by atoms with van der Waals surface area (Å²) >= 11 is 0. The first kappa shape index (κ1) is 16.3. The van der Waals surface area contributed by atoms with Gasteiger partial charge in [0.25, 0.3) is 0 Å². The molecular formula is C16H26N2O2S. The zero-order valence-electron chi connectivity index (χ0n) is 13.6. The van der Waals surface area contributed by atoms with E-state index in [0.29, 0.717) is 4.90 Å². The quantitative estimate of drug-likeness (QED) is 0.848. The lowest BCUT2D eigenvalue weighted by Crippen LogP contribution is -2.29. The highest BCUT2D eigenvalue weighted by Gasteiger charge is 2.48. The van der Waals surface area contributed by atoms with Crippen molar-refractivity contribution in [3.05, 3.63) is 23.3 Å². The van der Waals surface area contributed by atoms with E-state index >= 15 is 0 Å². The van der Waals surface area contributed by atoms with Crippen molar-refractivity contribution in [3.8, 4) is 0 Å². The first-order chi connectivity index (χ1) is 9.67. The van der Waals surface area contributed by atoms with Crippen LogP contribution < -0.4 is 10.0 Å². The molecule has 0 aromatic heterocycles. The van der Waals surface area contributed by atoms with Gasteiger partial charge in [-0.25, -0.2) is 13.1 Å². The molecule has 118 valence electrons. The van der Waals surface area contributed by atoms with Gasteiger partial charge in [-0.3, -0.25) is 0 Å². The molecule has 0 heterocycles. The highest BCUT2D eigenvalue weighted by atomic mass is 32.2. The molecule has 0 bridgehead atoms. The van der Waals surface area contributed by atoms with Crippen LogP contribution in [0.3, 0.4) is 0 Å². The molecule has 1 fully saturated rings. The van der Waals surface area contributed by atoms with E-state index in [2.05, 4.69) is 30.8 Å². The Morgan fingerprint density at radius 1 is 1.24 bits per heavy atom. The Balaban J connectivity index is 2.27. The maximum absolute atomic E-state index is 12.6. The van der Waals surface area contributed by atoms with Crippen molar-refractivity contribution in [2.45, 2.75) is 58.4 Å². The number of hydrogen-bond donors (Lipinski definition) is 2. The van der Waals surface area contributed by atoms with Gasteiger partial charge in [-0.1, -0.05) is 20.8 Å². The molecule has 5 heteroatoms. The van der Waals surface area contributed by atoms with Crippen LogP contribution in [0.5, 0.6) is 0 Å². The van der Waals surface area contributed by atoms with Gasteiger partial charge in [0.2, 0.25) is 10.0 Å². The fourth-order valence-corrected chi connectivity index (χ4v) is 4.52. The first-order valence-electron chi connectivity index (χ1n) is 7.55. The van der Waals surface area contributed by atoms with Gasteiger partial charge in [0, 0.05) is 18.3 Å². The second kappa shape index (κ2) is 5.61. The minimum Gasteiger partial charge on any atom is -0.385 e. The van der Waals surface area contributed by atoms with E-state index in [4.69, 9.17) is 0 Å². The van der Waals surface area contributed by atoms with Crippen LogP contribution in [0, 0.1) is 19.3 Å². The third-order valence-electron chi connectivity index (χ3n) is 4.12. The number of hydrogen-bond acceptors (Lipinski definition) is 3. The fraction of sp³-hybridized carbons (Fsp3) is 0.625. The second-order valence-electron chi connectivity index (χ2n) is 6.73. The highest BCUT2D eigenvalue weighted by Crippen LogP contribution is 2.45. The summed E-state index contributed by atoms with van der Waals surface area (Å²) in [5.74, 6) is 0. The van der Waals surface area contributed by atoms with Crippen LogP contribution in [0.15, 0.2) is 17.0 Å². The first-order valence-corrected chi connectivity index (χ1v) is 9.03. The molecule has 0 spiro atoms. The Morgan fingerprint density at radius 3 is 2.19 bits per heavy atom. The molecule has 2 N–H and O–H groups in total. The van der Waals surface area contributed by atoms with Crippen LogP contribution in [0.25, 0.3) is 0 Å². The van der Waals surface area contributed by atoms with Crippen molar-refractivity contribution >= 4 is 15.7 Å². The summed E-state index contributed by atoms with van der Waals surface area (Å²) in [4.78, 5) is 0.423. The molecule has 1 aromatic carbocycles. The Hall–Kier alpha value is -1.07. The number of sulfonamides is 1. The third kappa shape index (κ3) is 3.58. The number of rotatable bonds is 6. The van der Waals surface area contributed by atoms with Crippen molar-refractivity contribution in [3.63, 3.8) is 0 Å². The minimum atomic E-state index is -3.44. The van der Waals surface area contributed by atoms with E-state index in [1.165, 1.54) is 0 Å². The maximum Gasteiger partial charge on any atom is 0.241 e. The Kier molecular flexibility index (Phi) is 4.36. The maximum atomic E-state index is 12.6. The van der Waals surface area contributed by atoms with Gasteiger partial charge < -0.3 is 5.32 Å². The predicted octanol–water partition coefficient (Wildman–Crippen LogP) is 3.20. The summed E-state index contributed by atoms with van der Waals surface area (Å²) in [5.41, 5.74) is 2.65. The van der Waals surface area contributed by atoms with Crippen molar-refractivity contribution in [1.82, 2.24) is 4.72 Å². The van der Waals surface area contributed by atoms with Gasteiger partial charge in [-0.2, -0.15) is 0 Å². The minimum absolute atomic E-state index is 0.0548. The SMILES string of the molecule is CCCNc1cc(C)c(S(=O)(=O)NC2CC2(C)C)c(C)c1. The van der Waals surface area contributed by atoms with Crippen LogP contribution in [0.4, 0.5) is 5.69 Å². The highest BCUT2D eigenvalue weighted by molar-refractivity contribution is 7.89. The van der Waals surface area contributed by atoms with Crippen molar-refractivity contribution in [2.24, 2.45) is 5.41 Å². The smallest absolute Gasteiger partial charge is 0.241 e. The van der Waals surface area contributed by atoms with Crippen molar-refractivity contribution in [2.75, 3.05) is 11.9 Å². The van der Waals surface area contributed by atoms with E-state index in [1.54, 1.807) is 0 Å². The topological polar surface area (TPSA) is 58.2 Å². The molecule has 1 aliphatic carbocycles. The van der Waals surface area contributed by atoms with E-state index in [9.17, 15) is 8.42 Å². The number of nitrogens with one attached hydrogen (secondary N) is 2. The Labute approximate surface area is 128 Å². The van der Waals surface area contributed by atoms with E-state index in [-0.39, 0.29) is 11.5 Å². The van der Waals surface area contributed by atoms with Crippen LogP contribution in [0.2, 0.25) is 0 Å². The Morgan fingerprint density at radius 2 is 1.76 bits per heavy atom. The molecule has 1 saturated carbocycles. The molecule has 0 amide bonds. The molecule has 1 aliphatic rings. The fourth-order valence-electron chi connectivity index (χ4n) is 2.66. The van der Waals surface area contributed by atoms with Gasteiger partial charge in [-0.15, -0.1) is 0 Å². The molecule has 0 aliphatic heterocycles. The summed E-state index contributed by atoms with van der Waals surface area (Å²) in [6, 6.07) is 3.88. The third-order valence-corrected chi connectivity index (χ3v) is 5.90. The van der Waals surface area contributed by atoms with Crippen LogP contribution >= 0.6 is 0 Å². The van der Waals surface area contributed by atoms with Crippen LogP contribution in [-0.2, 0) is 10.0 Å². The normalized spacial score (nSPS) is 20.3. The molecule has 0 saturated heterocycles. The molecule has 4 nitrogen and oxygen atoms in total. The number of benzene rings is 1. The van der Waals surface area contributed by atoms with Gasteiger partial charge in [0.05, 0.1) is 4.90 Å². The summed E-state index contributed by atoms with van der Waals surface area (Å²) in [6.07, 6.45) is 1.94. The number of anilines is 1. The van der Waals surface area contributed by atoms with Gasteiger partial charge in [-0.05, 0) is 55.4 Å². The lowest BCUT2D eigenvalue weighted by molar-refractivity contribution is 0.554. The van der Waals surface area contributed by atoms with Gasteiger partial charge >= 0.3 is 0 Å². The molecule has 1 aromatic rings. The molecular weight excluding hydrogens is 284 g/mol. The average molecular weight is 310 g/mol. The van der Waals surface area contributed by atoms with Crippen LogP contribution in [0.1, 0.15) is 44.7 Å². The second-order valence-corrected chi connectivity index (χ2v) is 8.38. The Bertz CT molecular complexity index is 613. The van der Waals surface area contributed by atoms with Gasteiger partial charge in [0.1, 0.15) is 0 Å². The monoisotopic (exact) mass is 310 g/mol. The molecule has 21 heavy (non-hydrogen) atoms. The van der Waals surface area contributed by atoms with Crippen LogP contribution in [-0.4, -0.2) is 21.0 Å². The largest absolute Gasteiger partial charge is 0.385 e. The zero-order valence-corrected chi connectivity index (χ0v) is 14.4. The van der Waals surface area contributed by atoms with Gasteiger partial charge in [0.15, 0.2) is 0 Å². The van der Waals surface area contributed by atoms with E-state index < -0.39 is 10.0 Å². The summed E-state index contributed by atoms with van der Waals surface area (Å²) in [7, 11) is -3.44. The predicted molar refractivity (Wildman–Crippen MR) is 87.2 cm³/mol. The molecule has 1 atom stereocenters. The van der Waals surface area contributed by atoms with Crippen molar-refractivity contribution < 1.29 is 8.42 Å². The standard InChI is InChI=1S/C16H26N2O2S/c1-6-7-17-13-8-11(2)15(12(3)9-13)21(19,20)18-14-10-16(14,4)5/h8-9,14,17-18H,6-7,10H2,1-5H3. The lowest BCUT2D eigenvalue weighted by Gasteiger charge is -2.15. The molecule has 2 rings (SSSR count). The zero-order chi connectivity index (χ0) is 15.8.